The van der Waals surface area contributed by atoms with E-state index < -0.39 is 0 Å². The number of hydrogen-bond acceptors (Lipinski definition) is 3. The molecule has 0 bridgehead atoms. The topological polar surface area (TPSA) is 30.5 Å². The Balaban J connectivity index is 1.98. The molecule has 1 aliphatic carbocycles. The highest BCUT2D eigenvalue weighted by atomic mass is 16.5. The lowest BCUT2D eigenvalue weighted by atomic mass is 9.58. The van der Waals surface area contributed by atoms with Gasteiger partial charge in [0.1, 0.15) is 11.9 Å². The second-order valence-electron chi connectivity index (χ2n) is 6.01. The molecule has 0 radical (unpaired) electrons. The fourth-order valence-electron chi connectivity index (χ4n) is 3.64. The second-order valence-corrected chi connectivity index (χ2v) is 6.01. The van der Waals surface area contributed by atoms with Gasteiger partial charge in [0.25, 0.3) is 0 Å². The van der Waals surface area contributed by atoms with Crippen LogP contribution >= 0.6 is 0 Å². The summed E-state index contributed by atoms with van der Waals surface area (Å²) >= 11 is 0. The molecular formula is C18H29NO2. The Bertz CT molecular complexity index is 425. The maximum Gasteiger partial charge on any atom is 0.119 e. The summed E-state index contributed by atoms with van der Waals surface area (Å²) in [7, 11) is 3.80. The van der Waals surface area contributed by atoms with Crippen molar-refractivity contribution in [3.63, 3.8) is 0 Å². The molecule has 118 valence electrons. The van der Waals surface area contributed by atoms with Gasteiger partial charge in [0, 0.05) is 25.0 Å². The smallest absolute Gasteiger partial charge is 0.119 e. The molecule has 0 aromatic heterocycles. The van der Waals surface area contributed by atoms with E-state index in [2.05, 4.69) is 50.5 Å². The van der Waals surface area contributed by atoms with Crippen molar-refractivity contribution in [1.29, 1.82) is 0 Å². The molecule has 1 aromatic rings. The molecule has 1 saturated carbocycles. The zero-order chi connectivity index (χ0) is 15.3. The standard InChI is InChI=1S/C18H29NO2/c1-5-18(6-2)16(19-3)13-17(18)21-15-9-7-14(8-10-15)11-12-20-4/h7-10,16-17,19H,5-6,11-13H2,1-4H3. The van der Waals surface area contributed by atoms with E-state index >= 15 is 0 Å². The molecule has 2 unspecified atom stereocenters. The van der Waals surface area contributed by atoms with Crippen molar-refractivity contribution in [3.8, 4) is 5.75 Å². The molecule has 2 atom stereocenters. The zero-order valence-electron chi connectivity index (χ0n) is 13.8. The Labute approximate surface area is 129 Å². The molecule has 0 saturated heterocycles. The van der Waals surface area contributed by atoms with Crippen LogP contribution in [0.25, 0.3) is 0 Å². The Hall–Kier alpha value is -1.06. The third-order valence-electron chi connectivity index (χ3n) is 5.25. The SMILES string of the molecule is CCC1(CC)C(NC)CC1Oc1ccc(CCOC)cc1. The number of hydrogen-bond donors (Lipinski definition) is 1. The summed E-state index contributed by atoms with van der Waals surface area (Å²) in [6, 6.07) is 9.05. The number of ether oxygens (including phenoxy) is 2. The molecule has 3 nitrogen and oxygen atoms in total. The first-order valence-corrected chi connectivity index (χ1v) is 8.12. The first kappa shape index (κ1) is 16.3. The van der Waals surface area contributed by atoms with Crippen LogP contribution in [0.4, 0.5) is 0 Å². The average Bonchev–Trinajstić information content (AvgIpc) is 2.51. The highest BCUT2D eigenvalue weighted by Gasteiger charge is 2.53. The Morgan fingerprint density at radius 1 is 1.19 bits per heavy atom. The van der Waals surface area contributed by atoms with Crippen LogP contribution in [0.3, 0.4) is 0 Å². The van der Waals surface area contributed by atoms with Gasteiger partial charge in [0.2, 0.25) is 0 Å². The van der Waals surface area contributed by atoms with Gasteiger partial charge in [-0.05, 0) is 44.0 Å². The quantitative estimate of drug-likeness (QED) is 0.796. The van der Waals surface area contributed by atoms with E-state index in [1.807, 2.05) is 0 Å². The van der Waals surface area contributed by atoms with Crippen LogP contribution in [0, 0.1) is 5.41 Å². The van der Waals surface area contributed by atoms with E-state index in [9.17, 15) is 0 Å². The maximum absolute atomic E-state index is 6.27. The van der Waals surface area contributed by atoms with Gasteiger partial charge in [-0.3, -0.25) is 0 Å². The summed E-state index contributed by atoms with van der Waals surface area (Å²) in [5.41, 5.74) is 1.58. The summed E-state index contributed by atoms with van der Waals surface area (Å²) < 4.78 is 11.4. The lowest BCUT2D eigenvalue weighted by molar-refractivity contribution is -0.0835. The van der Waals surface area contributed by atoms with Crippen molar-refractivity contribution >= 4 is 0 Å². The van der Waals surface area contributed by atoms with Crippen LogP contribution in [-0.4, -0.2) is 32.9 Å². The highest BCUT2D eigenvalue weighted by Crippen LogP contribution is 2.48. The molecular weight excluding hydrogens is 262 g/mol. The fourth-order valence-corrected chi connectivity index (χ4v) is 3.64. The fraction of sp³-hybridized carbons (Fsp3) is 0.667. The molecule has 0 amide bonds. The van der Waals surface area contributed by atoms with E-state index in [-0.39, 0.29) is 5.41 Å². The molecule has 1 N–H and O–H groups in total. The van der Waals surface area contributed by atoms with Crippen LogP contribution in [0.1, 0.15) is 38.7 Å². The van der Waals surface area contributed by atoms with Gasteiger partial charge in [0.15, 0.2) is 0 Å². The Morgan fingerprint density at radius 3 is 2.38 bits per heavy atom. The number of nitrogens with one attached hydrogen (secondary N) is 1. The third kappa shape index (κ3) is 3.24. The van der Waals surface area contributed by atoms with E-state index in [4.69, 9.17) is 9.47 Å². The van der Waals surface area contributed by atoms with Gasteiger partial charge >= 0.3 is 0 Å². The monoisotopic (exact) mass is 291 g/mol. The molecule has 2 rings (SSSR count). The van der Waals surface area contributed by atoms with Gasteiger partial charge in [-0.2, -0.15) is 0 Å². The van der Waals surface area contributed by atoms with Crippen molar-refractivity contribution in [2.24, 2.45) is 5.41 Å². The predicted octanol–water partition coefficient (Wildman–Crippen LogP) is 3.42. The van der Waals surface area contributed by atoms with E-state index in [0.29, 0.717) is 12.1 Å². The molecule has 1 aliphatic rings. The van der Waals surface area contributed by atoms with Gasteiger partial charge in [0.05, 0.1) is 6.61 Å². The minimum Gasteiger partial charge on any atom is -0.490 e. The van der Waals surface area contributed by atoms with E-state index in [1.54, 1.807) is 7.11 Å². The average molecular weight is 291 g/mol. The van der Waals surface area contributed by atoms with Crippen LogP contribution in [0.5, 0.6) is 5.75 Å². The minimum atomic E-state index is 0.281. The Kier molecular flexibility index (Phi) is 5.65. The summed E-state index contributed by atoms with van der Waals surface area (Å²) in [5, 5.41) is 3.45. The summed E-state index contributed by atoms with van der Waals surface area (Å²) in [5.74, 6) is 0.988. The van der Waals surface area contributed by atoms with Crippen molar-refractivity contribution in [3.05, 3.63) is 29.8 Å². The summed E-state index contributed by atoms with van der Waals surface area (Å²) in [6.07, 6.45) is 4.70. The highest BCUT2D eigenvalue weighted by molar-refractivity contribution is 5.28. The van der Waals surface area contributed by atoms with E-state index in [0.717, 1.165) is 38.0 Å². The lowest BCUT2D eigenvalue weighted by Gasteiger charge is -2.55. The molecule has 0 heterocycles. The summed E-state index contributed by atoms with van der Waals surface area (Å²) in [4.78, 5) is 0. The number of rotatable bonds is 8. The van der Waals surface area contributed by atoms with Crippen molar-refractivity contribution in [2.45, 2.75) is 51.7 Å². The second kappa shape index (κ2) is 7.28. The van der Waals surface area contributed by atoms with Crippen molar-refractivity contribution in [1.82, 2.24) is 5.32 Å². The van der Waals surface area contributed by atoms with E-state index in [1.165, 1.54) is 5.56 Å². The molecule has 1 fully saturated rings. The first-order chi connectivity index (χ1) is 10.2. The predicted molar refractivity (Wildman–Crippen MR) is 86.9 cm³/mol. The van der Waals surface area contributed by atoms with Crippen LogP contribution in [0.2, 0.25) is 0 Å². The van der Waals surface area contributed by atoms with Crippen LogP contribution < -0.4 is 10.1 Å². The Morgan fingerprint density at radius 2 is 1.86 bits per heavy atom. The molecule has 21 heavy (non-hydrogen) atoms. The normalized spacial score (nSPS) is 23.6. The number of benzene rings is 1. The molecule has 1 aromatic carbocycles. The first-order valence-electron chi connectivity index (χ1n) is 8.12. The minimum absolute atomic E-state index is 0.281. The molecule has 0 aliphatic heterocycles. The molecule has 0 spiro atoms. The largest absolute Gasteiger partial charge is 0.490 e. The molecule has 3 heteroatoms. The van der Waals surface area contributed by atoms with Crippen LogP contribution in [-0.2, 0) is 11.2 Å². The number of methoxy groups -OCH3 is 1. The van der Waals surface area contributed by atoms with Crippen LogP contribution in [0.15, 0.2) is 24.3 Å². The van der Waals surface area contributed by atoms with Crippen molar-refractivity contribution in [2.75, 3.05) is 20.8 Å². The maximum atomic E-state index is 6.27. The summed E-state index contributed by atoms with van der Waals surface area (Å²) in [6.45, 7) is 5.32. The van der Waals surface area contributed by atoms with Crippen molar-refractivity contribution < 1.29 is 9.47 Å². The zero-order valence-corrected chi connectivity index (χ0v) is 13.8. The van der Waals surface area contributed by atoms with Gasteiger partial charge in [-0.25, -0.2) is 0 Å². The van der Waals surface area contributed by atoms with Gasteiger partial charge in [-0.15, -0.1) is 0 Å². The lowest BCUT2D eigenvalue weighted by Crippen LogP contribution is -2.63. The third-order valence-corrected chi connectivity index (χ3v) is 5.25. The van der Waals surface area contributed by atoms with Gasteiger partial charge in [-0.1, -0.05) is 26.0 Å². The van der Waals surface area contributed by atoms with Gasteiger partial charge < -0.3 is 14.8 Å².